The second-order valence-corrected chi connectivity index (χ2v) is 4.52. The standard InChI is InChI=1S/C13H13N3/c1-8-9(4-14)2-10(6-16-8)12-3-11-5-15-7-13(11)12/h2-3,6,11,13,15H,5,7H2,1H3. The highest BCUT2D eigenvalue weighted by molar-refractivity contribution is 5.74. The molecule has 0 spiro atoms. The molecule has 0 radical (unpaired) electrons. The number of nitrogens with one attached hydrogen (secondary N) is 1. The predicted molar refractivity (Wildman–Crippen MR) is 61.5 cm³/mol. The molecule has 1 aliphatic heterocycles. The maximum absolute atomic E-state index is 8.98. The topological polar surface area (TPSA) is 48.7 Å². The Labute approximate surface area is 94.8 Å². The lowest BCUT2D eigenvalue weighted by Crippen LogP contribution is -2.22. The maximum atomic E-state index is 8.98. The number of fused-ring (bicyclic) bond motifs is 1. The second-order valence-electron chi connectivity index (χ2n) is 4.52. The van der Waals surface area contributed by atoms with E-state index in [1.807, 2.05) is 19.2 Å². The van der Waals surface area contributed by atoms with Crippen LogP contribution in [0, 0.1) is 30.1 Å². The lowest BCUT2D eigenvalue weighted by Gasteiger charge is -2.29. The first-order chi connectivity index (χ1) is 7.79. The normalized spacial score (nSPS) is 26.6. The molecule has 1 N–H and O–H groups in total. The molecule has 3 rings (SSSR count). The molecule has 2 unspecified atom stereocenters. The van der Waals surface area contributed by atoms with Crippen LogP contribution in [0.2, 0.25) is 0 Å². The molecule has 16 heavy (non-hydrogen) atoms. The molecule has 0 bridgehead atoms. The van der Waals surface area contributed by atoms with Crippen LogP contribution >= 0.6 is 0 Å². The second kappa shape index (κ2) is 3.43. The van der Waals surface area contributed by atoms with Gasteiger partial charge in [-0.15, -0.1) is 0 Å². The zero-order chi connectivity index (χ0) is 11.1. The van der Waals surface area contributed by atoms with Crippen molar-refractivity contribution in [3.63, 3.8) is 0 Å². The molecular formula is C13H13N3. The minimum atomic E-state index is 0.635. The summed E-state index contributed by atoms with van der Waals surface area (Å²) in [5, 5.41) is 12.4. The molecule has 1 aliphatic carbocycles. The lowest BCUT2D eigenvalue weighted by atomic mass is 9.74. The Balaban J connectivity index is 1.97. The van der Waals surface area contributed by atoms with E-state index in [2.05, 4.69) is 22.4 Å². The highest BCUT2D eigenvalue weighted by Crippen LogP contribution is 2.42. The van der Waals surface area contributed by atoms with Crippen LogP contribution < -0.4 is 5.32 Å². The molecule has 1 aromatic rings. The van der Waals surface area contributed by atoms with E-state index in [9.17, 15) is 0 Å². The monoisotopic (exact) mass is 211 g/mol. The van der Waals surface area contributed by atoms with Gasteiger partial charge in [0.2, 0.25) is 0 Å². The molecule has 0 amide bonds. The van der Waals surface area contributed by atoms with Gasteiger partial charge < -0.3 is 5.32 Å². The molecule has 1 aromatic heterocycles. The number of aromatic nitrogens is 1. The van der Waals surface area contributed by atoms with Gasteiger partial charge in [-0.3, -0.25) is 4.98 Å². The Bertz CT molecular complexity index is 510. The SMILES string of the molecule is Cc1ncc(C2=CC3CNCC23)cc1C#N. The first kappa shape index (κ1) is 9.56. The molecule has 1 saturated heterocycles. The zero-order valence-electron chi connectivity index (χ0n) is 9.20. The van der Waals surface area contributed by atoms with Crippen LogP contribution in [0.15, 0.2) is 18.3 Å². The third-order valence-corrected chi connectivity index (χ3v) is 3.59. The van der Waals surface area contributed by atoms with E-state index >= 15 is 0 Å². The van der Waals surface area contributed by atoms with E-state index in [1.165, 1.54) is 5.57 Å². The van der Waals surface area contributed by atoms with Crippen LogP contribution in [0.4, 0.5) is 0 Å². The molecule has 2 heterocycles. The number of rotatable bonds is 1. The first-order valence-corrected chi connectivity index (χ1v) is 5.59. The van der Waals surface area contributed by atoms with Crippen molar-refractivity contribution in [2.24, 2.45) is 11.8 Å². The van der Waals surface area contributed by atoms with Crippen LogP contribution in [0.3, 0.4) is 0 Å². The van der Waals surface area contributed by atoms with Crippen molar-refractivity contribution >= 4 is 5.57 Å². The highest BCUT2D eigenvalue weighted by Gasteiger charge is 2.36. The molecule has 3 heteroatoms. The van der Waals surface area contributed by atoms with Crippen molar-refractivity contribution in [3.8, 4) is 6.07 Å². The fourth-order valence-electron chi connectivity index (χ4n) is 2.56. The van der Waals surface area contributed by atoms with Gasteiger partial charge in [-0.2, -0.15) is 5.26 Å². The van der Waals surface area contributed by atoms with Crippen molar-refractivity contribution in [3.05, 3.63) is 35.2 Å². The van der Waals surface area contributed by atoms with Crippen LogP contribution in [0.25, 0.3) is 5.57 Å². The summed E-state index contributed by atoms with van der Waals surface area (Å²) in [7, 11) is 0. The summed E-state index contributed by atoms with van der Waals surface area (Å²) < 4.78 is 0. The molecule has 2 aliphatic rings. The van der Waals surface area contributed by atoms with E-state index < -0.39 is 0 Å². The summed E-state index contributed by atoms with van der Waals surface area (Å²) in [5.74, 6) is 1.33. The fourth-order valence-corrected chi connectivity index (χ4v) is 2.56. The molecule has 1 fully saturated rings. The summed E-state index contributed by atoms with van der Waals surface area (Å²) in [4.78, 5) is 4.28. The number of hydrogen-bond donors (Lipinski definition) is 1. The Morgan fingerprint density at radius 2 is 2.38 bits per heavy atom. The number of hydrogen-bond acceptors (Lipinski definition) is 3. The quantitative estimate of drug-likeness (QED) is 0.765. The largest absolute Gasteiger partial charge is 0.315 e. The summed E-state index contributed by atoms with van der Waals surface area (Å²) in [6.07, 6.45) is 4.19. The predicted octanol–water partition coefficient (Wildman–Crippen LogP) is 1.49. The van der Waals surface area contributed by atoms with E-state index in [0.29, 0.717) is 17.4 Å². The van der Waals surface area contributed by atoms with Gasteiger partial charge in [0, 0.05) is 25.2 Å². The molecule has 3 nitrogen and oxygen atoms in total. The fraction of sp³-hybridized carbons (Fsp3) is 0.385. The Kier molecular flexibility index (Phi) is 2.05. The summed E-state index contributed by atoms with van der Waals surface area (Å²) >= 11 is 0. The van der Waals surface area contributed by atoms with Gasteiger partial charge in [0.15, 0.2) is 0 Å². The van der Waals surface area contributed by atoms with Gasteiger partial charge >= 0.3 is 0 Å². The van der Waals surface area contributed by atoms with Crippen LogP contribution in [-0.4, -0.2) is 18.1 Å². The van der Waals surface area contributed by atoms with Gasteiger partial charge in [0.1, 0.15) is 6.07 Å². The van der Waals surface area contributed by atoms with Crippen LogP contribution in [0.1, 0.15) is 16.8 Å². The minimum Gasteiger partial charge on any atom is -0.315 e. The maximum Gasteiger partial charge on any atom is 0.101 e. The molecule has 80 valence electrons. The van der Waals surface area contributed by atoms with E-state index in [0.717, 1.165) is 24.3 Å². The van der Waals surface area contributed by atoms with Crippen LogP contribution in [-0.2, 0) is 0 Å². The third kappa shape index (κ3) is 1.27. The molecule has 0 aromatic carbocycles. The molecule has 2 atom stereocenters. The smallest absolute Gasteiger partial charge is 0.101 e. The number of aryl methyl sites for hydroxylation is 1. The number of nitrogens with zero attached hydrogens (tertiary/aromatic N) is 2. The van der Waals surface area contributed by atoms with Gasteiger partial charge in [-0.25, -0.2) is 0 Å². The van der Waals surface area contributed by atoms with Gasteiger partial charge in [0.05, 0.1) is 11.3 Å². The van der Waals surface area contributed by atoms with Crippen molar-refractivity contribution in [2.75, 3.05) is 13.1 Å². The van der Waals surface area contributed by atoms with Crippen LogP contribution in [0.5, 0.6) is 0 Å². The summed E-state index contributed by atoms with van der Waals surface area (Å²) in [5.41, 5.74) is 3.98. The minimum absolute atomic E-state index is 0.635. The van der Waals surface area contributed by atoms with Gasteiger partial charge in [0.25, 0.3) is 0 Å². The average Bonchev–Trinajstić information content (AvgIpc) is 2.63. The Morgan fingerprint density at radius 3 is 3.12 bits per heavy atom. The Morgan fingerprint density at radius 1 is 1.50 bits per heavy atom. The van der Waals surface area contributed by atoms with Crippen molar-refractivity contribution in [1.82, 2.24) is 10.3 Å². The third-order valence-electron chi connectivity index (χ3n) is 3.59. The van der Waals surface area contributed by atoms with E-state index in [-0.39, 0.29) is 0 Å². The lowest BCUT2D eigenvalue weighted by molar-refractivity contribution is 0.564. The van der Waals surface area contributed by atoms with Gasteiger partial charge in [-0.05, 0) is 30.0 Å². The highest BCUT2D eigenvalue weighted by atomic mass is 14.9. The van der Waals surface area contributed by atoms with Gasteiger partial charge in [-0.1, -0.05) is 6.08 Å². The van der Waals surface area contributed by atoms with E-state index in [1.54, 1.807) is 0 Å². The Hall–Kier alpha value is -1.66. The molecular weight excluding hydrogens is 198 g/mol. The molecule has 0 saturated carbocycles. The number of nitriles is 1. The zero-order valence-corrected chi connectivity index (χ0v) is 9.20. The van der Waals surface area contributed by atoms with E-state index in [4.69, 9.17) is 5.26 Å². The number of pyridine rings is 1. The first-order valence-electron chi connectivity index (χ1n) is 5.59. The average molecular weight is 211 g/mol. The van der Waals surface area contributed by atoms with Crippen molar-refractivity contribution in [2.45, 2.75) is 6.92 Å². The summed E-state index contributed by atoms with van der Waals surface area (Å²) in [6, 6.07) is 4.15. The van der Waals surface area contributed by atoms with Crippen molar-refractivity contribution in [1.29, 1.82) is 5.26 Å². The summed E-state index contributed by atoms with van der Waals surface area (Å²) in [6.45, 7) is 4.03. The van der Waals surface area contributed by atoms with Crippen molar-refractivity contribution < 1.29 is 0 Å².